The van der Waals surface area contributed by atoms with E-state index in [4.69, 9.17) is 0 Å². The Morgan fingerprint density at radius 3 is 2.83 bits per heavy atom. The van der Waals surface area contributed by atoms with Crippen LogP contribution in [0.2, 0.25) is 0 Å². The minimum atomic E-state index is -1.19. The molecule has 1 saturated heterocycles. The van der Waals surface area contributed by atoms with Gasteiger partial charge in [0.05, 0.1) is 5.39 Å². The molecule has 24 heavy (non-hydrogen) atoms. The molecule has 2 aromatic rings. The summed E-state index contributed by atoms with van der Waals surface area (Å²) in [5, 5.41) is 1.10. The number of rotatable bonds is 3. The molecule has 3 nitrogen and oxygen atoms in total. The van der Waals surface area contributed by atoms with Crippen LogP contribution in [0, 0.1) is 17.3 Å². The summed E-state index contributed by atoms with van der Waals surface area (Å²) in [6, 6.07) is 2.11. The van der Waals surface area contributed by atoms with Gasteiger partial charge in [0.2, 0.25) is 0 Å². The second kappa shape index (κ2) is 5.38. The van der Waals surface area contributed by atoms with Gasteiger partial charge in [0.1, 0.15) is 22.6 Å². The van der Waals surface area contributed by atoms with E-state index in [0.717, 1.165) is 45.8 Å². The van der Waals surface area contributed by atoms with Crippen LogP contribution in [0.25, 0.3) is 10.2 Å². The molecular weight excluding hydrogens is 321 g/mol. The van der Waals surface area contributed by atoms with Crippen LogP contribution in [0.1, 0.15) is 45.4 Å². The average Bonchev–Trinajstić information content (AvgIpc) is 3.10. The van der Waals surface area contributed by atoms with Crippen molar-refractivity contribution in [3.63, 3.8) is 0 Å². The Morgan fingerprint density at radius 1 is 1.38 bits per heavy atom. The Kier molecular flexibility index (Phi) is 3.64. The minimum absolute atomic E-state index is 0.436. The third kappa shape index (κ3) is 2.61. The molecule has 2 aliphatic rings. The van der Waals surface area contributed by atoms with Crippen molar-refractivity contribution in [2.75, 3.05) is 18.0 Å². The number of fused-ring (bicyclic) bond motifs is 1. The van der Waals surface area contributed by atoms with Gasteiger partial charge in [0.15, 0.2) is 0 Å². The van der Waals surface area contributed by atoms with E-state index in [1.54, 1.807) is 31.5 Å². The molecule has 2 fully saturated rings. The summed E-state index contributed by atoms with van der Waals surface area (Å²) < 4.78 is 14.0. The zero-order valence-electron chi connectivity index (χ0n) is 15.0. The molecule has 0 aromatic carbocycles. The van der Waals surface area contributed by atoms with Crippen molar-refractivity contribution in [2.24, 2.45) is 17.3 Å². The van der Waals surface area contributed by atoms with Crippen LogP contribution in [-0.2, 0) is 6.42 Å². The molecule has 1 aliphatic carbocycles. The Bertz CT molecular complexity index is 766. The van der Waals surface area contributed by atoms with Gasteiger partial charge in [-0.05, 0) is 50.0 Å². The lowest BCUT2D eigenvalue weighted by atomic mass is 9.54. The molecule has 0 N–H and O–H groups in total. The highest BCUT2D eigenvalue weighted by Crippen LogP contribution is 2.56. The van der Waals surface area contributed by atoms with Gasteiger partial charge < -0.3 is 4.90 Å². The fraction of sp³-hybridized carbons (Fsp3) is 0.684. The van der Waals surface area contributed by atoms with Gasteiger partial charge >= 0.3 is 0 Å². The highest BCUT2D eigenvalue weighted by molar-refractivity contribution is 7.18. The van der Waals surface area contributed by atoms with Crippen molar-refractivity contribution in [2.45, 2.75) is 52.6 Å². The number of nitrogens with zero attached hydrogens (tertiary/aromatic N) is 3. The van der Waals surface area contributed by atoms with Gasteiger partial charge in [-0.3, -0.25) is 0 Å². The summed E-state index contributed by atoms with van der Waals surface area (Å²) in [4.78, 5) is 13.5. The van der Waals surface area contributed by atoms with Crippen molar-refractivity contribution in [3.05, 3.63) is 17.3 Å². The Labute approximate surface area is 147 Å². The van der Waals surface area contributed by atoms with Crippen molar-refractivity contribution >= 4 is 27.4 Å². The van der Waals surface area contributed by atoms with Crippen LogP contribution < -0.4 is 4.90 Å². The third-order valence-corrected chi connectivity index (χ3v) is 7.23. The van der Waals surface area contributed by atoms with Gasteiger partial charge in [-0.25, -0.2) is 14.4 Å². The highest BCUT2D eigenvalue weighted by Gasteiger charge is 2.52. The SMILES string of the molecule is CC1CC2(CCN(c3ncnc4sc(CC(C)(C)F)cc34)C2)[C@@H]1C. The topological polar surface area (TPSA) is 29.0 Å². The minimum Gasteiger partial charge on any atom is -0.355 e. The maximum atomic E-state index is 14.0. The second-order valence-electron chi connectivity index (χ2n) is 8.53. The van der Waals surface area contributed by atoms with Crippen LogP contribution in [0.4, 0.5) is 10.2 Å². The number of anilines is 1. The van der Waals surface area contributed by atoms with Gasteiger partial charge in [0, 0.05) is 24.4 Å². The molecule has 3 heterocycles. The lowest BCUT2D eigenvalue weighted by Gasteiger charge is -2.51. The third-order valence-electron chi connectivity index (χ3n) is 6.19. The lowest BCUT2D eigenvalue weighted by molar-refractivity contribution is -0.000135. The van der Waals surface area contributed by atoms with Crippen molar-refractivity contribution in [3.8, 4) is 0 Å². The maximum absolute atomic E-state index is 14.0. The molecule has 1 spiro atoms. The van der Waals surface area contributed by atoms with Crippen LogP contribution in [0.5, 0.6) is 0 Å². The molecule has 4 rings (SSSR count). The van der Waals surface area contributed by atoms with E-state index in [0.29, 0.717) is 11.8 Å². The summed E-state index contributed by atoms with van der Waals surface area (Å²) in [5.74, 6) is 2.68. The molecule has 5 heteroatoms. The van der Waals surface area contributed by atoms with E-state index in [2.05, 4.69) is 34.8 Å². The molecule has 1 saturated carbocycles. The number of thiophene rings is 1. The summed E-state index contributed by atoms with van der Waals surface area (Å²) in [6.45, 7) is 10.2. The number of hydrogen-bond donors (Lipinski definition) is 0. The quantitative estimate of drug-likeness (QED) is 0.794. The highest BCUT2D eigenvalue weighted by atomic mass is 32.1. The van der Waals surface area contributed by atoms with Crippen LogP contribution in [-0.4, -0.2) is 28.7 Å². The zero-order valence-corrected chi connectivity index (χ0v) is 15.8. The number of hydrogen-bond acceptors (Lipinski definition) is 4. The first-order valence-corrected chi connectivity index (χ1v) is 9.76. The largest absolute Gasteiger partial charge is 0.355 e. The molecule has 2 unspecified atom stereocenters. The van der Waals surface area contributed by atoms with Crippen LogP contribution in [0.3, 0.4) is 0 Å². The first-order valence-electron chi connectivity index (χ1n) is 8.95. The maximum Gasteiger partial charge on any atom is 0.140 e. The molecule has 0 bridgehead atoms. The molecule has 130 valence electrons. The van der Waals surface area contributed by atoms with E-state index in [-0.39, 0.29) is 0 Å². The summed E-state index contributed by atoms with van der Waals surface area (Å²) in [6.07, 6.45) is 4.70. The summed E-state index contributed by atoms with van der Waals surface area (Å²) >= 11 is 1.60. The van der Waals surface area contributed by atoms with Crippen molar-refractivity contribution in [1.82, 2.24) is 9.97 Å². The monoisotopic (exact) mass is 347 g/mol. The van der Waals surface area contributed by atoms with Crippen LogP contribution in [0.15, 0.2) is 12.4 Å². The molecule has 0 radical (unpaired) electrons. The standard InChI is InChI=1S/C19H26FN3S/c1-12-8-19(13(12)2)5-6-23(10-19)16-15-7-14(9-18(3,4)20)24-17(15)22-11-21-16/h7,11-13H,5-6,8-10H2,1-4H3/t12?,13-,19?/m1/s1. The van der Waals surface area contributed by atoms with E-state index in [9.17, 15) is 4.39 Å². The van der Waals surface area contributed by atoms with Crippen molar-refractivity contribution in [1.29, 1.82) is 0 Å². The second-order valence-corrected chi connectivity index (χ2v) is 9.64. The molecule has 1 aliphatic heterocycles. The molecule has 0 amide bonds. The van der Waals surface area contributed by atoms with Gasteiger partial charge in [-0.2, -0.15) is 0 Å². The molecular formula is C19H26FN3S. The molecule has 2 aromatic heterocycles. The van der Waals surface area contributed by atoms with E-state index in [1.807, 2.05) is 0 Å². The summed E-state index contributed by atoms with van der Waals surface area (Å²) in [7, 11) is 0. The molecule has 3 atom stereocenters. The normalized spacial score (nSPS) is 30.3. The average molecular weight is 348 g/mol. The number of halogens is 1. The lowest BCUT2D eigenvalue weighted by Crippen LogP contribution is -2.47. The number of aromatic nitrogens is 2. The van der Waals surface area contributed by atoms with Gasteiger partial charge in [0.25, 0.3) is 0 Å². The Hall–Kier alpha value is -1.23. The summed E-state index contributed by atoms with van der Waals surface area (Å²) in [5.41, 5.74) is -0.708. The number of alkyl halides is 1. The smallest absolute Gasteiger partial charge is 0.140 e. The predicted molar refractivity (Wildman–Crippen MR) is 98.5 cm³/mol. The first-order chi connectivity index (χ1) is 11.3. The van der Waals surface area contributed by atoms with E-state index < -0.39 is 5.67 Å². The van der Waals surface area contributed by atoms with E-state index >= 15 is 0 Å². The Morgan fingerprint density at radius 2 is 2.17 bits per heavy atom. The first kappa shape index (κ1) is 16.2. The zero-order chi connectivity index (χ0) is 17.1. The van der Waals surface area contributed by atoms with Gasteiger partial charge in [-0.1, -0.05) is 13.8 Å². The van der Waals surface area contributed by atoms with Gasteiger partial charge in [-0.15, -0.1) is 11.3 Å². The van der Waals surface area contributed by atoms with E-state index in [1.165, 1.54) is 12.8 Å². The predicted octanol–water partition coefficient (Wildman–Crippen LogP) is 4.85. The van der Waals surface area contributed by atoms with Crippen molar-refractivity contribution < 1.29 is 4.39 Å². The van der Waals surface area contributed by atoms with Crippen LogP contribution >= 0.6 is 11.3 Å². The Balaban J connectivity index is 1.63. The fourth-order valence-electron chi connectivity index (χ4n) is 4.71. The fourth-order valence-corrected chi connectivity index (χ4v) is 5.91.